The predicted molar refractivity (Wildman–Crippen MR) is 169 cm³/mol. The van der Waals surface area contributed by atoms with E-state index in [-0.39, 0.29) is 26.1 Å². The summed E-state index contributed by atoms with van der Waals surface area (Å²) in [4.78, 5) is 24.9. The van der Waals surface area contributed by atoms with E-state index in [1.165, 1.54) is 6.42 Å². The molecule has 1 heterocycles. The number of hydrogen-bond acceptors (Lipinski definition) is 10. The Morgan fingerprint density at radius 2 is 1.34 bits per heavy atom. The van der Waals surface area contributed by atoms with Crippen molar-refractivity contribution in [3.63, 3.8) is 0 Å². The van der Waals surface area contributed by atoms with Crippen molar-refractivity contribution in [2.45, 2.75) is 147 Å². The number of ether oxygens (including phenoxy) is 4. The van der Waals surface area contributed by atoms with Crippen LogP contribution in [-0.2, 0) is 28.5 Å². The van der Waals surface area contributed by atoms with Gasteiger partial charge in [0.2, 0.25) is 0 Å². The van der Waals surface area contributed by atoms with Gasteiger partial charge >= 0.3 is 11.9 Å². The molecule has 0 aromatic rings. The molecule has 0 aromatic carbocycles. The van der Waals surface area contributed by atoms with Gasteiger partial charge in [0.15, 0.2) is 12.4 Å². The van der Waals surface area contributed by atoms with E-state index in [0.717, 1.165) is 70.6 Å². The smallest absolute Gasteiger partial charge is 0.306 e. The Balaban J connectivity index is 2.48. The monoisotopic (exact) mass is 626 g/mol. The van der Waals surface area contributed by atoms with Crippen LogP contribution in [0.3, 0.4) is 0 Å². The molecule has 1 fully saturated rings. The fourth-order valence-corrected chi connectivity index (χ4v) is 4.61. The summed E-state index contributed by atoms with van der Waals surface area (Å²) in [7, 11) is 0. The molecule has 0 radical (unpaired) electrons. The Hall–Kier alpha value is -2.08. The van der Waals surface area contributed by atoms with Crippen LogP contribution >= 0.6 is 0 Å². The molecule has 10 nitrogen and oxygen atoms in total. The summed E-state index contributed by atoms with van der Waals surface area (Å²) < 4.78 is 21.8. The molecule has 1 aliphatic rings. The van der Waals surface area contributed by atoms with Crippen molar-refractivity contribution < 1.29 is 49.0 Å². The van der Waals surface area contributed by atoms with E-state index in [1.807, 2.05) is 0 Å². The minimum atomic E-state index is -1.60. The molecule has 6 unspecified atom stereocenters. The van der Waals surface area contributed by atoms with Gasteiger partial charge in [-0.05, 0) is 44.9 Å². The molecule has 6 atom stereocenters. The van der Waals surface area contributed by atoms with Gasteiger partial charge in [-0.2, -0.15) is 0 Å². The lowest BCUT2D eigenvalue weighted by Crippen LogP contribution is -2.59. The molecule has 1 aliphatic heterocycles. The summed E-state index contributed by atoms with van der Waals surface area (Å²) >= 11 is 0. The lowest BCUT2D eigenvalue weighted by molar-refractivity contribution is -0.305. The largest absolute Gasteiger partial charge is 0.462 e. The average Bonchev–Trinajstić information content (AvgIpc) is 3.02. The van der Waals surface area contributed by atoms with Crippen LogP contribution in [0.4, 0.5) is 0 Å². The first kappa shape index (κ1) is 39.9. The van der Waals surface area contributed by atoms with Gasteiger partial charge in [0.25, 0.3) is 0 Å². The highest BCUT2D eigenvalue weighted by atomic mass is 16.7. The molecule has 44 heavy (non-hydrogen) atoms. The number of rotatable bonds is 25. The Bertz CT molecular complexity index is 825. The molecule has 10 heteroatoms. The second-order valence-corrected chi connectivity index (χ2v) is 11.2. The second kappa shape index (κ2) is 26.2. The van der Waals surface area contributed by atoms with Crippen molar-refractivity contribution >= 4 is 11.9 Å². The normalized spacial score (nSPS) is 23.1. The molecule has 4 N–H and O–H groups in total. The summed E-state index contributed by atoms with van der Waals surface area (Å²) in [6.45, 7) is 3.16. The number of allylic oxidation sites excluding steroid dienone is 6. The lowest BCUT2D eigenvalue weighted by atomic mass is 9.99. The first-order valence-electron chi connectivity index (χ1n) is 16.6. The minimum Gasteiger partial charge on any atom is -0.462 e. The second-order valence-electron chi connectivity index (χ2n) is 11.2. The average molecular weight is 627 g/mol. The van der Waals surface area contributed by atoms with Crippen molar-refractivity contribution in [3.05, 3.63) is 36.5 Å². The first-order valence-corrected chi connectivity index (χ1v) is 16.6. The van der Waals surface area contributed by atoms with E-state index >= 15 is 0 Å². The number of carbonyl (C=O) groups excluding carboxylic acids is 2. The zero-order valence-corrected chi connectivity index (χ0v) is 26.9. The fourth-order valence-electron chi connectivity index (χ4n) is 4.61. The van der Waals surface area contributed by atoms with E-state index in [4.69, 9.17) is 18.9 Å². The lowest BCUT2D eigenvalue weighted by Gasteiger charge is -2.39. The zero-order chi connectivity index (χ0) is 32.4. The number of aliphatic hydroxyl groups is 4. The van der Waals surface area contributed by atoms with E-state index in [9.17, 15) is 30.0 Å². The maximum absolute atomic E-state index is 12.6. The van der Waals surface area contributed by atoms with Crippen molar-refractivity contribution in [2.24, 2.45) is 0 Å². The molecule has 0 saturated carbocycles. The van der Waals surface area contributed by atoms with E-state index in [1.54, 1.807) is 0 Å². The number of carbonyl (C=O) groups is 2. The summed E-state index contributed by atoms with van der Waals surface area (Å²) in [6.07, 6.45) is 17.7. The van der Waals surface area contributed by atoms with Crippen LogP contribution in [0.1, 0.15) is 110 Å². The molecule has 0 aliphatic carbocycles. The van der Waals surface area contributed by atoms with Crippen LogP contribution in [0.25, 0.3) is 0 Å². The third kappa shape index (κ3) is 18.7. The summed E-state index contributed by atoms with van der Waals surface area (Å²) in [6, 6.07) is 0. The molecule has 1 saturated heterocycles. The van der Waals surface area contributed by atoms with Crippen molar-refractivity contribution in [3.8, 4) is 0 Å². The molecular weight excluding hydrogens is 568 g/mol. The van der Waals surface area contributed by atoms with Gasteiger partial charge in [0, 0.05) is 12.8 Å². The van der Waals surface area contributed by atoms with Gasteiger partial charge in [-0.25, -0.2) is 0 Å². The molecule has 0 amide bonds. The summed E-state index contributed by atoms with van der Waals surface area (Å²) in [5.74, 6) is -0.858. The third-order valence-corrected chi connectivity index (χ3v) is 7.29. The number of esters is 2. The minimum absolute atomic E-state index is 0.194. The van der Waals surface area contributed by atoms with Gasteiger partial charge in [-0.1, -0.05) is 88.8 Å². The van der Waals surface area contributed by atoms with Gasteiger partial charge in [-0.3, -0.25) is 9.59 Å². The predicted octanol–water partition coefficient (Wildman–Crippen LogP) is 4.82. The van der Waals surface area contributed by atoms with Crippen LogP contribution in [0.15, 0.2) is 36.5 Å². The third-order valence-electron chi connectivity index (χ3n) is 7.29. The van der Waals surface area contributed by atoms with Gasteiger partial charge in [0.05, 0.1) is 13.2 Å². The number of hydrogen-bond donors (Lipinski definition) is 4. The Kier molecular flexibility index (Phi) is 23.8. The highest BCUT2D eigenvalue weighted by molar-refractivity contribution is 5.70. The van der Waals surface area contributed by atoms with Gasteiger partial charge in [0.1, 0.15) is 31.0 Å². The van der Waals surface area contributed by atoms with Crippen LogP contribution < -0.4 is 0 Å². The highest BCUT2D eigenvalue weighted by Gasteiger charge is 2.44. The van der Waals surface area contributed by atoms with E-state index in [2.05, 4.69) is 50.3 Å². The van der Waals surface area contributed by atoms with Crippen molar-refractivity contribution in [1.29, 1.82) is 0 Å². The van der Waals surface area contributed by atoms with E-state index < -0.39 is 55.4 Å². The molecule has 0 spiro atoms. The highest BCUT2D eigenvalue weighted by Crippen LogP contribution is 2.22. The molecule has 0 aromatic heterocycles. The van der Waals surface area contributed by atoms with E-state index in [0.29, 0.717) is 6.42 Å². The van der Waals surface area contributed by atoms with Gasteiger partial charge < -0.3 is 39.4 Å². The zero-order valence-electron chi connectivity index (χ0n) is 26.9. The Morgan fingerprint density at radius 3 is 2.02 bits per heavy atom. The SMILES string of the molecule is CC/C=C\C/C=C\C/C=C\CCCCCC(=O)OC(COC(=O)CCCCCCCC)COC1OC(CO)C(O)C(O)C1O. The Labute approximate surface area is 264 Å². The quantitative estimate of drug-likeness (QED) is 0.0631. The van der Waals surface area contributed by atoms with Crippen LogP contribution in [0.2, 0.25) is 0 Å². The van der Waals surface area contributed by atoms with Crippen LogP contribution in [-0.4, -0.2) is 89.0 Å². The molecule has 1 rings (SSSR count). The van der Waals surface area contributed by atoms with Crippen molar-refractivity contribution in [1.82, 2.24) is 0 Å². The van der Waals surface area contributed by atoms with Gasteiger partial charge in [-0.15, -0.1) is 0 Å². The fraction of sp³-hybridized carbons (Fsp3) is 0.765. The maximum atomic E-state index is 12.6. The van der Waals surface area contributed by atoms with Crippen LogP contribution in [0.5, 0.6) is 0 Å². The van der Waals surface area contributed by atoms with Crippen molar-refractivity contribution in [2.75, 3.05) is 19.8 Å². The Morgan fingerprint density at radius 1 is 0.727 bits per heavy atom. The molecular formula is C34H58O10. The first-order chi connectivity index (χ1) is 21.3. The number of unbranched alkanes of at least 4 members (excludes halogenated alkanes) is 8. The molecule has 254 valence electrons. The maximum Gasteiger partial charge on any atom is 0.306 e. The standard InChI is InChI=1S/C34H58O10/c1-3-5-7-9-11-12-13-14-15-16-17-19-21-23-30(37)43-27(25-41-29(36)22-20-18-10-8-6-4-2)26-42-34-33(40)32(39)31(38)28(24-35)44-34/h5,7,11-12,14-15,27-28,31-35,38-40H,3-4,6,8-10,13,16-26H2,1-2H3/b7-5-,12-11-,15-14-. The van der Waals surface area contributed by atoms with Crippen LogP contribution in [0, 0.1) is 0 Å². The molecule has 0 bridgehead atoms. The topological polar surface area (TPSA) is 152 Å². The summed E-state index contributed by atoms with van der Waals surface area (Å²) in [5.41, 5.74) is 0. The summed E-state index contributed by atoms with van der Waals surface area (Å²) in [5, 5.41) is 39.7. The number of aliphatic hydroxyl groups excluding tert-OH is 4.